The van der Waals surface area contributed by atoms with Crippen molar-refractivity contribution < 1.29 is 18.0 Å². The van der Waals surface area contributed by atoms with Crippen LogP contribution in [0.5, 0.6) is 0 Å². The fraction of sp³-hybridized carbons (Fsp3) is 0.172. The Kier molecular flexibility index (Phi) is 7.55. The van der Waals surface area contributed by atoms with E-state index in [1.165, 1.54) is 6.07 Å². The summed E-state index contributed by atoms with van der Waals surface area (Å²) in [4.78, 5) is 18.1. The van der Waals surface area contributed by atoms with Gasteiger partial charge in [0.25, 0.3) is 0 Å². The number of pyridine rings is 1. The van der Waals surface area contributed by atoms with Crippen molar-refractivity contribution in [3.05, 3.63) is 130 Å². The van der Waals surface area contributed by atoms with Crippen LogP contribution in [0.2, 0.25) is 5.02 Å². The average molecular weight is 524 g/mol. The second-order valence-electron chi connectivity index (χ2n) is 8.91. The summed E-state index contributed by atoms with van der Waals surface area (Å²) in [6.07, 6.45) is -4.40. The molecule has 0 aliphatic carbocycles. The number of carbonyl (C=O) groups is 1. The van der Waals surface area contributed by atoms with Crippen LogP contribution in [-0.2, 0) is 18.1 Å². The van der Waals surface area contributed by atoms with E-state index in [1.807, 2.05) is 50.2 Å². The summed E-state index contributed by atoms with van der Waals surface area (Å²) in [5.74, 6) is 0. The highest BCUT2D eigenvalue weighted by Crippen LogP contribution is 2.37. The average Bonchev–Trinajstić information content (AvgIpc) is 2.83. The summed E-state index contributed by atoms with van der Waals surface area (Å²) >= 11 is 6.07. The molecule has 1 aromatic heterocycles. The minimum atomic E-state index is -4.56. The Balaban J connectivity index is 1.91. The first-order valence-corrected chi connectivity index (χ1v) is 12.0. The Hall–Kier alpha value is -3.84. The van der Waals surface area contributed by atoms with Crippen LogP contribution in [0, 0.1) is 13.8 Å². The zero-order chi connectivity index (χ0) is 26.6. The quantitative estimate of drug-likeness (QED) is 0.272. The molecule has 1 heterocycles. The fourth-order valence-electron chi connectivity index (χ4n) is 4.37. The van der Waals surface area contributed by atoms with E-state index < -0.39 is 23.3 Å². The van der Waals surface area contributed by atoms with Gasteiger partial charge in [-0.25, -0.2) is 4.79 Å². The van der Waals surface area contributed by atoms with Gasteiger partial charge in [0.05, 0.1) is 11.3 Å². The van der Waals surface area contributed by atoms with Crippen LogP contribution in [0.15, 0.2) is 91.0 Å². The number of amides is 2. The molecule has 0 aliphatic rings. The number of rotatable bonds is 6. The third-order valence-corrected chi connectivity index (χ3v) is 6.17. The molecular weight excluding hydrogens is 499 g/mol. The number of halogens is 4. The molecule has 2 amide bonds. The number of aromatic nitrogens is 1. The smallest absolute Gasteiger partial charge is 0.322 e. The molecule has 0 fully saturated rings. The number of anilines is 1. The minimum absolute atomic E-state index is 0.161. The summed E-state index contributed by atoms with van der Waals surface area (Å²) in [5, 5.41) is 6.18. The Bertz CT molecular complexity index is 1390. The van der Waals surface area contributed by atoms with Gasteiger partial charge in [-0.1, -0.05) is 60.1 Å². The third-order valence-electron chi connectivity index (χ3n) is 5.94. The first kappa shape index (κ1) is 26.2. The molecular formula is C29H25ClF3N3O. The van der Waals surface area contributed by atoms with Gasteiger partial charge in [0.1, 0.15) is 5.54 Å². The topological polar surface area (TPSA) is 54.0 Å². The SMILES string of the molecule is Cc1cc(C)nc(C(Cc2ccccc2)(NC(=O)Nc2cccc(Cl)c2)c2cccc(C(F)(F)F)c2)c1. The van der Waals surface area contributed by atoms with Crippen LogP contribution in [0.25, 0.3) is 0 Å². The maximum Gasteiger partial charge on any atom is 0.416 e. The maximum absolute atomic E-state index is 13.8. The van der Waals surface area contributed by atoms with Gasteiger partial charge >= 0.3 is 12.2 Å². The number of benzene rings is 3. The molecule has 0 bridgehead atoms. The number of nitrogens with one attached hydrogen (secondary N) is 2. The zero-order valence-electron chi connectivity index (χ0n) is 20.2. The largest absolute Gasteiger partial charge is 0.416 e. The first-order chi connectivity index (χ1) is 17.5. The van der Waals surface area contributed by atoms with E-state index in [0.29, 0.717) is 22.1 Å². The minimum Gasteiger partial charge on any atom is -0.322 e. The second-order valence-corrected chi connectivity index (χ2v) is 9.34. The molecule has 8 heteroatoms. The highest BCUT2D eigenvalue weighted by molar-refractivity contribution is 6.30. The van der Waals surface area contributed by atoms with Crippen LogP contribution < -0.4 is 10.6 Å². The van der Waals surface area contributed by atoms with Gasteiger partial charge < -0.3 is 10.6 Å². The van der Waals surface area contributed by atoms with Crippen molar-refractivity contribution in [3.63, 3.8) is 0 Å². The van der Waals surface area contributed by atoms with E-state index in [4.69, 9.17) is 16.6 Å². The Labute approximate surface area is 218 Å². The monoisotopic (exact) mass is 523 g/mol. The van der Waals surface area contributed by atoms with Crippen molar-refractivity contribution in [2.75, 3.05) is 5.32 Å². The predicted molar refractivity (Wildman–Crippen MR) is 140 cm³/mol. The maximum atomic E-state index is 13.8. The summed E-state index contributed by atoms with van der Waals surface area (Å²) < 4.78 is 41.3. The van der Waals surface area contributed by atoms with Gasteiger partial charge in [0.2, 0.25) is 0 Å². The molecule has 3 aromatic carbocycles. The van der Waals surface area contributed by atoms with Crippen molar-refractivity contribution in [2.45, 2.75) is 32.0 Å². The molecule has 4 nitrogen and oxygen atoms in total. The van der Waals surface area contributed by atoms with Gasteiger partial charge in [0, 0.05) is 22.8 Å². The molecule has 4 aromatic rings. The Morgan fingerprint density at radius 1 is 0.865 bits per heavy atom. The molecule has 0 saturated carbocycles. The van der Waals surface area contributed by atoms with E-state index in [9.17, 15) is 18.0 Å². The molecule has 37 heavy (non-hydrogen) atoms. The van der Waals surface area contributed by atoms with Crippen LogP contribution in [0.1, 0.15) is 33.6 Å². The van der Waals surface area contributed by atoms with Crippen molar-refractivity contribution in [1.82, 2.24) is 10.3 Å². The van der Waals surface area contributed by atoms with E-state index in [0.717, 1.165) is 23.3 Å². The third kappa shape index (κ3) is 6.30. The molecule has 4 rings (SSSR count). The van der Waals surface area contributed by atoms with E-state index in [1.54, 1.807) is 36.4 Å². The van der Waals surface area contributed by atoms with Crippen molar-refractivity contribution in [1.29, 1.82) is 0 Å². The zero-order valence-corrected chi connectivity index (χ0v) is 21.0. The van der Waals surface area contributed by atoms with Crippen LogP contribution in [0.4, 0.5) is 23.7 Å². The molecule has 0 aliphatic heterocycles. The molecule has 1 unspecified atom stereocenters. The van der Waals surface area contributed by atoms with Gasteiger partial charge in [-0.05, 0) is 73.0 Å². The summed E-state index contributed by atoms with van der Waals surface area (Å²) in [7, 11) is 0. The van der Waals surface area contributed by atoms with Crippen molar-refractivity contribution in [3.8, 4) is 0 Å². The van der Waals surface area contributed by atoms with E-state index in [-0.39, 0.29) is 12.0 Å². The van der Waals surface area contributed by atoms with Gasteiger partial charge in [-0.15, -0.1) is 0 Å². The molecule has 190 valence electrons. The number of alkyl halides is 3. The lowest BCUT2D eigenvalue weighted by molar-refractivity contribution is -0.137. The number of urea groups is 1. The number of nitrogens with zero attached hydrogens (tertiary/aromatic N) is 1. The Morgan fingerprint density at radius 2 is 1.57 bits per heavy atom. The number of carbonyl (C=O) groups excluding carboxylic acids is 1. The first-order valence-electron chi connectivity index (χ1n) is 11.6. The highest BCUT2D eigenvalue weighted by Gasteiger charge is 2.40. The van der Waals surface area contributed by atoms with Crippen LogP contribution in [-0.4, -0.2) is 11.0 Å². The van der Waals surface area contributed by atoms with Crippen molar-refractivity contribution in [2.24, 2.45) is 0 Å². The lowest BCUT2D eigenvalue weighted by Gasteiger charge is -2.36. The highest BCUT2D eigenvalue weighted by atomic mass is 35.5. The lowest BCUT2D eigenvalue weighted by atomic mass is 9.79. The summed E-state index contributed by atoms with van der Waals surface area (Å²) in [6.45, 7) is 3.69. The summed E-state index contributed by atoms with van der Waals surface area (Å²) in [6, 6.07) is 23.9. The van der Waals surface area contributed by atoms with Gasteiger partial charge in [-0.3, -0.25) is 4.98 Å². The van der Waals surface area contributed by atoms with Gasteiger partial charge in [0.15, 0.2) is 0 Å². The Morgan fingerprint density at radius 3 is 2.24 bits per heavy atom. The van der Waals surface area contributed by atoms with Crippen LogP contribution in [0.3, 0.4) is 0 Å². The molecule has 0 saturated heterocycles. The standard InChI is InChI=1S/C29H25ClF3N3O/c1-19-14-20(2)34-26(15-19)28(18-21-8-4-3-5-9-21,22-10-6-11-23(16-22)29(31,32)33)36-27(37)35-25-13-7-12-24(30)17-25/h3-17H,18H2,1-2H3,(H2,35,36,37). The van der Waals surface area contributed by atoms with Crippen molar-refractivity contribution >= 4 is 23.3 Å². The fourth-order valence-corrected chi connectivity index (χ4v) is 4.56. The summed E-state index contributed by atoms with van der Waals surface area (Å²) in [5.41, 5.74) is 1.23. The second kappa shape index (κ2) is 10.6. The predicted octanol–water partition coefficient (Wildman–Crippen LogP) is 7.68. The normalized spacial score (nSPS) is 13.0. The molecule has 1 atom stereocenters. The molecule has 0 radical (unpaired) electrons. The molecule has 2 N–H and O–H groups in total. The van der Waals surface area contributed by atoms with E-state index in [2.05, 4.69) is 10.6 Å². The number of hydrogen-bond donors (Lipinski definition) is 2. The van der Waals surface area contributed by atoms with Crippen LogP contribution >= 0.6 is 11.6 Å². The molecule has 0 spiro atoms. The number of aryl methyl sites for hydroxylation is 2. The van der Waals surface area contributed by atoms with Gasteiger partial charge in [-0.2, -0.15) is 13.2 Å². The lowest BCUT2D eigenvalue weighted by Crippen LogP contribution is -2.51. The number of hydrogen-bond acceptors (Lipinski definition) is 2. The van der Waals surface area contributed by atoms with E-state index >= 15 is 0 Å².